The Morgan fingerprint density at radius 2 is 1.54 bits per heavy atom. The molecule has 7 rings (SSSR count). The van der Waals surface area contributed by atoms with E-state index in [1.165, 1.54) is 29.2 Å². The maximum absolute atomic E-state index is 13.2. The lowest BCUT2D eigenvalue weighted by molar-refractivity contribution is -0.123. The molecule has 3 aliphatic rings. The Labute approximate surface area is 234 Å². The van der Waals surface area contributed by atoms with Gasteiger partial charge >= 0.3 is 5.97 Å². The number of para-hydroxylation sites is 1. The van der Waals surface area contributed by atoms with Gasteiger partial charge in [-0.1, -0.05) is 30.3 Å². The van der Waals surface area contributed by atoms with Crippen LogP contribution in [0.5, 0.6) is 0 Å². The average molecular weight is 549 g/mol. The number of ether oxygens (including phenoxy) is 1. The van der Waals surface area contributed by atoms with Crippen LogP contribution in [0.4, 0.5) is 10.1 Å². The second kappa shape index (κ2) is 9.73. The van der Waals surface area contributed by atoms with Crippen molar-refractivity contribution in [1.82, 2.24) is 4.98 Å². The zero-order valence-corrected chi connectivity index (χ0v) is 22.0. The second-order valence-corrected chi connectivity index (χ2v) is 11.0. The van der Waals surface area contributed by atoms with Gasteiger partial charge in [-0.25, -0.2) is 14.2 Å². The molecule has 0 N–H and O–H groups in total. The van der Waals surface area contributed by atoms with Gasteiger partial charge in [0.15, 0.2) is 12.4 Å². The summed E-state index contributed by atoms with van der Waals surface area (Å²) < 4.78 is 18.5. The van der Waals surface area contributed by atoms with Gasteiger partial charge in [0.2, 0.25) is 11.8 Å². The molecule has 41 heavy (non-hydrogen) atoms. The van der Waals surface area contributed by atoms with Crippen LogP contribution < -0.4 is 4.90 Å². The Hall–Kier alpha value is -4.72. The Morgan fingerprint density at radius 1 is 0.878 bits per heavy atom. The summed E-state index contributed by atoms with van der Waals surface area (Å²) in [5, 5.41) is 0.571. The molecule has 3 fully saturated rings. The smallest absolute Gasteiger partial charge is 0.339 e. The van der Waals surface area contributed by atoms with Crippen LogP contribution >= 0.6 is 0 Å². The van der Waals surface area contributed by atoms with Crippen LogP contribution in [0.25, 0.3) is 22.2 Å². The van der Waals surface area contributed by atoms with Crippen molar-refractivity contribution < 1.29 is 28.3 Å². The van der Waals surface area contributed by atoms with Crippen molar-refractivity contribution in [3.8, 4) is 11.3 Å². The number of halogens is 1. The van der Waals surface area contributed by atoms with Gasteiger partial charge in [0.1, 0.15) is 5.82 Å². The number of imide groups is 1. The van der Waals surface area contributed by atoms with Gasteiger partial charge in [-0.15, -0.1) is 0 Å². The number of fused-ring (bicyclic) bond motifs is 6. The molecule has 1 saturated heterocycles. The number of ketones is 1. The van der Waals surface area contributed by atoms with E-state index in [1.54, 1.807) is 48.5 Å². The number of nitrogens with zero attached hydrogens (tertiary/aromatic N) is 2. The van der Waals surface area contributed by atoms with Crippen molar-refractivity contribution in [2.75, 3.05) is 11.5 Å². The van der Waals surface area contributed by atoms with E-state index in [-0.39, 0.29) is 34.8 Å². The third-order valence-electron chi connectivity index (χ3n) is 8.79. The lowest BCUT2D eigenvalue weighted by Crippen LogP contribution is -2.32. The van der Waals surface area contributed by atoms with Crippen LogP contribution in [-0.2, 0) is 14.3 Å². The number of amides is 2. The zero-order chi connectivity index (χ0) is 28.2. The summed E-state index contributed by atoms with van der Waals surface area (Å²) in [6, 6.07) is 20.8. The van der Waals surface area contributed by atoms with E-state index in [2.05, 4.69) is 0 Å². The van der Waals surface area contributed by atoms with E-state index < -0.39 is 24.2 Å². The summed E-state index contributed by atoms with van der Waals surface area (Å²) in [6.45, 7) is -0.493. The van der Waals surface area contributed by atoms with Crippen LogP contribution in [-0.4, -0.2) is 35.2 Å². The van der Waals surface area contributed by atoms with Gasteiger partial charge < -0.3 is 4.74 Å². The molecule has 1 aliphatic heterocycles. The van der Waals surface area contributed by atoms with Gasteiger partial charge in [0.25, 0.3) is 0 Å². The summed E-state index contributed by atoms with van der Waals surface area (Å²) in [7, 11) is 0. The highest BCUT2D eigenvalue weighted by Gasteiger charge is 2.61. The van der Waals surface area contributed by atoms with E-state index in [4.69, 9.17) is 9.72 Å². The Morgan fingerprint density at radius 3 is 2.22 bits per heavy atom. The van der Waals surface area contributed by atoms with Crippen LogP contribution in [0.2, 0.25) is 0 Å². The number of rotatable bonds is 6. The van der Waals surface area contributed by atoms with E-state index in [9.17, 15) is 23.6 Å². The van der Waals surface area contributed by atoms with Gasteiger partial charge in [-0.2, -0.15) is 0 Å². The number of esters is 1. The first-order valence-electron chi connectivity index (χ1n) is 13.7. The lowest BCUT2D eigenvalue weighted by Gasteiger charge is -2.19. The molecule has 3 aromatic carbocycles. The minimum absolute atomic E-state index is 0.0935. The van der Waals surface area contributed by atoms with Crippen LogP contribution in [0.1, 0.15) is 40.0 Å². The summed E-state index contributed by atoms with van der Waals surface area (Å²) in [5.41, 5.74) is 2.79. The molecule has 0 radical (unpaired) electrons. The third-order valence-corrected chi connectivity index (χ3v) is 8.79. The Bertz CT molecular complexity index is 1710. The SMILES string of the molecule is O=C(COC(=O)c1cc(-c2ccc(N3C(=O)[C@@H]4[C@H]5CC[C@@H](C5)[C@H]4C3=O)cc2)nc2ccccc12)c1ccc(F)cc1. The molecular formula is C33H25FN2O5. The van der Waals surface area contributed by atoms with Crippen molar-refractivity contribution in [3.05, 3.63) is 95.8 Å². The normalized spacial score (nSPS) is 22.8. The van der Waals surface area contributed by atoms with Crippen LogP contribution in [0.15, 0.2) is 78.9 Å². The van der Waals surface area contributed by atoms with Crippen LogP contribution in [0, 0.1) is 29.5 Å². The van der Waals surface area contributed by atoms with Crippen molar-refractivity contribution in [3.63, 3.8) is 0 Å². The maximum atomic E-state index is 13.2. The molecule has 1 aromatic heterocycles. The van der Waals surface area contributed by atoms with Crippen molar-refractivity contribution in [2.45, 2.75) is 19.3 Å². The zero-order valence-electron chi connectivity index (χ0n) is 22.0. The van der Waals surface area contributed by atoms with E-state index >= 15 is 0 Å². The molecule has 204 valence electrons. The van der Waals surface area contributed by atoms with E-state index in [0.717, 1.165) is 19.3 Å². The quantitative estimate of drug-likeness (QED) is 0.177. The highest BCUT2D eigenvalue weighted by molar-refractivity contribution is 6.22. The third kappa shape index (κ3) is 4.22. The minimum atomic E-state index is -0.689. The average Bonchev–Trinajstić information content (AvgIpc) is 3.69. The molecule has 0 unspecified atom stereocenters. The molecule has 4 atom stereocenters. The topological polar surface area (TPSA) is 93.6 Å². The Kier molecular flexibility index (Phi) is 5.99. The number of pyridine rings is 1. The van der Waals surface area contributed by atoms with Gasteiger partial charge in [-0.05, 0) is 79.6 Å². The summed E-state index contributed by atoms with van der Waals surface area (Å²) in [6.07, 6.45) is 3.03. The molecule has 4 aromatic rings. The first-order chi connectivity index (χ1) is 19.9. The highest BCUT2D eigenvalue weighted by Crippen LogP contribution is 2.56. The van der Waals surface area contributed by atoms with E-state index in [0.29, 0.717) is 39.7 Å². The van der Waals surface area contributed by atoms with E-state index in [1.807, 2.05) is 6.07 Å². The molecule has 2 amide bonds. The molecule has 2 bridgehead atoms. The van der Waals surface area contributed by atoms with Crippen molar-refractivity contribution in [1.29, 1.82) is 0 Å². The van der Waals surface area contributed by atoms with Gasteiger partial charge in [0.05, 0.1) is 34.3 Å². The lowest BCUT2D eigenvalue weighted by atomic mass is 9.81. The monoisotopic (exact) mass is 548 g/mol. The van der Waals surface area contributed by atoms with Gasteiger partial charge in [-0.3, -0.25) is 19.3 Å². The predicted molar refractivity (Wildman–Crippen MR) is 148 cm³/mol. The standard InChI is InChI=1S/C33H25FN2O5/c34-22-11-7-19(8-12-22)28(37)17-41-33(40)25-16-27(35-26-4-2-1-3-24(25)26)18-9-13-23(14-10-18)36-31(38)29-20-5-6-21(15-20)30(29)32(36)39/h1-4,7-14,16,20-21,29-30H,5-6,15,17H2/t20-,21-,29+,30+/m0/s1. The fourth-order valence-corrected chi connectivity index (χ4v) is 6.86. The first kappa shape index (κ1) is 25.3. The molecule has 2 saturated carbocycles. The number of aromatic nitrogens is 1. The number of carbonyl (C=O) groups is 4. The minimum Gasteiger partial charge on any atom is -0.454 e. The van der Waals surface area contributed by atoms with Gasteiger partial charge in [0, 0.05) is 16.5 Å². The molecule has 0 spiro atoms. The predicted octanol–water partition coefficient (Wildman–Crippen LogP) is 5.62. The molecule has 8 heteroatoms. The number of Topliss-reactive ketones (excluding diaryl/α,β-unsaturated/α-hetero) is 1. The molecule has 2 heterocycles. The maximum Gasteiger partial charge on any atom is 0.339 e. The van der Waals surface area contributed by atoms with Crippen LogP contribution in [0.3, 0.4) is 0 Å². The van der Waals surface area contributed by atoms with Crippen molar-refractivity contribution >= 4 is 40.2 Å². The summed E-state index contributed by atoms with van der Waals surface area (Å²) in [5.74, 6) is -1.53. The number of carbonyl (C=O) groups excluding carboxylic acids is 4. The summed E-state index contributed by atoms with van der Waals surface area (Å²) in [4.78, 5) is 58.1. The molecule has 7 nitrogen and oxygen atoms in total. The number of anilines is 1. The first-order valence-corrected chi connectivity index (χ1v) is 13.7. The highest BCUT2D eigenvalue weighted by atomic mass is 19.1. The largest absolute Gasteiger partial charge is 0.454 e. The molecular weight excluding hydrogens is 523 g/mol. The fraction of sp³-hybridized carbons (Fsp3) is 0.242. The number of hydrogen-bond donors (Lipinski definition) is 0. The van der Waals surface area contributed by atoms with Crippen molar-refractivity contribution in [2.24, 2.45) is 23.7 Å². The number of benzene rings is 3. The summed E-state index contributed by atoms with van der Waals surface area (Å²) >= 11 is 0. The fourth-order valence-electron chi connectivity index (χ4n) is 6.86. The molecule has 2 aliphatic carbocycles. The number of hydrogen-bond acceptors (Lipinski definition) is 6. The second-order valence-electron chi connectivity index (χ2n) is 11.0. The Balaban J connectivity index is 1.14.